The van der Waals surface area contributed by atoms with E-state index in [0.717, 1.165) is 22.4 Å². The minimum atomic E-state index is 0.651. The molecule has 1 heterocycles. The highest BCUT2D eigenvalue weighted by molar-refractivity contribution is 5.68. The summed E-state index contributed by atoms with van der Waals surface area (Å²) < 4.78 is 10.2. The summed E-state index contributed by atoms with van der Waals surface area (Å²) in [5.41, 5.74) is 3.25. The summed E-state index contributed by atoms with van der Waals surface area (Å²) in [7, 11) is 3.26. The molecule has 110 valence electrons. The monoisotopic (exact) mass is 292 g/mol. The summed E-state index contributed by atoms with van der Waals surface area (Å²) in [4.78, 5) is 8.58. The highest BCUT2D eigenvalue weighted by Gasteiger charge is 2.03. The van der Waals surface area contributed by atoms with Crippen LogP contribution >= 0.6 is 0 Å². The molecule has 0 aliphatic carbocycles. The van der Waals surface area contributed by atoms with Crippen LogP contribution in [-0.2, 0) is 0 Å². The Labute approximate surface area is 129 Å². The van der Waals surface area contributed by atoms with E-state index in [1.54, 1.807) is 26.6 Å². The SMILES string of the molecule is COc1ccc(-c2ccc(-c3ncc(OC)cn3)cc2)cc1. The van der Waals surface area contributed by atoms with Crippen LogP contribution in [0.3, 0.4) is 0 Å². The molecule has 0 spiro atoms. The molecule has 0 saturated carbocycles. The maximum atomic E-state index is 5.17. The van der Waals surface area contributed by atoms with Crippen LogP contribution in [0.15, 0.2) is 60.9 Å². The third-order valence-corrected chi connectivity index (χ3v) is 3.43. The maximum Gasteiger partial charge on any atom is 0.159 e. The van der Waals surface area contributed by atoms with E-state index < -0.39 is 0 Å². The lowest BCUT2D eigenvalue weighted by atomic mass is 10.0. The van der Waals surface area contributed by atoms with E-state index in [1.807, 2.05) is 36.4 Å². The Hall–Kier alpha value is -2.88. The van der Waals surface area contributed by atoms with Crippen LogP contribution in [-0.4, -0.2) is 24.2 Å². The Morgan fingerprint density at radius 1 is 0.591 bits per heavy atom. The molecule has 4 heteroatoms. The van der Waals surface area contributed by atoms with Crippen LogP contribution < -0.4 is 9.47 Å². The molecule has 0 atom stereocenters. The van der Waals surface area contributed by atoms with Gasteiger partial charge in [0.25, 0.3) is 0 Å². The molecule has 22 heavy (non-hydrogen) atoms. The van der Waals surface area contributed by atoms with Gasteiger partial charge in [0.15, 0.2) is 11.6 Å². The van der Waals surface area contributed by atoms with Crippen LogP contribution in [0.4, 0.5) is 0 Å². The Kier molecular flexibility index (Phi) is 4.01. The minimum Gasteiger partial charge on any atom is -0.497 e. The van der Waals surface area contributed by atoms with Crippen molar-refractivity contribution in [1.29, 1.82) is 0 Å². The fourth-order valence-corrected chi connectivity index (χ4v) is 2.17. The Bertz CT molecular complexity index is 669. The number of nitrogens with zero attached hydrogens (tertiary/aromatic N) is 2. The second kappa shape index (κ2) is 6.26. The molecule has 0 aliphatic rings. The smallest absolute Gasteiger partial charge is 0.159 e. The first kappa shape index (κ1) is 14.1. The third-order valence-electron chi connectivity index (χ3n) is 3.43. The van der Waals surface area contributed by atoms with E-state index in [0.29, 0.717) is 11.6 Å². The highest BCUT2D eigenvalue weighted by atomic mass is 16.5. The van der Waals surface area contributed by atoms with E-state index in [9.17, 15) is 0 Å². The van der Waals surface area contributed by atoms with E-state index in [1.165, 1.54) is 0 Å². The quantitative estimate of drug-likeness (QED) is 0.733. The molecule has 0 amide bonds. The van der Waals surface area contributed by atoms with Crippen molar-refractivity contribution in [3.05, 3.63) is 60.9 Å². The Balaban J connectivity index is 1.84. The molecule has 4 nitrogen and oxygen atoms in total. The molecule has 2 aromatic carbocycles. The second-order valence-corrected chi connectivity index (χ2v) is 4.75. The molecule has 0 radical (unpaired) electrons. The van der Waals surface area contributed by atoms with Gasteiger partial charge in [-0.15, -0.1) is 0 Å². The van der Waals surface area contributed by atoms with Gasteiger partial charge in [0.2, 0.25) is 0 Å². The van der Waals surface area contributed by atoms with Crippen molar-refractivity contribution in [2.24, 2.45) is 0 Å². The summed E-state index contributed by atoms with van der Waals surface area (Å²) in [6.07, 6.45) is 3.33. The summed E-state index contributed by atoms with van der Waals surface area (Å²) >= 11 is 0. The van der Waals surface area contributed by atoms with Gasteiger partial charge in [-0.2, -0.15) is 0 Å². The molecular weight excluding hydrogens is 276 g/mol. The van der Waals surface area contributed by atoms with Gasteiger partial charge in [-0.1, -0.05) is 36.4 Å². The van der Waals surface area contributed by atoms with Crippen molar-refractivity contribution in [3.8, 4) is 34.0 Å². The van der Waals surface area contributed by atoms with Gasteiger partial charge >= 0.3 is 0 Å². The molecule has 0 saturated heterocycles. The van der Waals surface area contributed by atoms with Crippen LogP contribution in [0.5, 0.6) is 11.5 Å². The lowest BCUT2D eigenvalue weighted by molar-refractivity contribution is 0.411. The predicted octanol–water partition coefficient (Wildman–Crippen LogP) is 3.83. The first-order chi connectivity index (χ1) is 10.8. The molecule has 0 bridgehead atoms. The Morgan fingerprint density at radius 3 is 1.55 bits per heavy atom. The molecule has 3 aromatic rings. The van der Waals surface area contributed by atoms with E-state index >= 15 is 0 Å². The first-order valence-corrected chi connectivity index (χ1v) is 6.91. The predicted molar refractivity (Wildman–Crippen MR) is 86.0 cm³/mol. The van der Waals surface area contributed by atoms with E-state index in [4.69, 9.17) is 9.47 Å². The fourth-order valence-electron chi connectivity index (χ4n) is 2.17. The molecule has 3 rings (SSSR count). The number of ether oxygens (including phenoxy) is 2. The molecule has 1 aromatic heterocycles. The van der Waals surface area contributed by atoms with Gasteiger partial charge in [0.05, 0.1) is 26.6 Å². The standard InChI is InChI=1S/C18H16N2O2/c1-21-16-9-7-14(8-10-16)13-3-5-15(6-4-13)18-19-11-17(22-2)12-20-18/h3-12H,1-2H3. The number of hydrogen-bond donors (Lipinski definition) is 0. The van der Waals surface area contributed by atoms with Crippen LogP contribution in [0.25, 0.3) is 22.5 Å². The summed E-state index contributed by atoms with van der Waals surface area (Å²) in [5.74, 6) is 2.19. The number of rotatable bonds is 4. The van der Waals surface area contributed by atoms with Crippen molar-refractivity contribution in [2.45, 2.75) is 0 Å². The lowest BCUT2D eigenvalue weighted by Gasteiger charge is -2.06. The van der Waals surface area contributed by atoms with Gasteiger partial charge in [-0.3, -0.25) is 0 Å². The van der Waals surface area contributed by atoms with Gasteiger partial charge in [0.1, 0.15) is 5.75 Å². The number of hydrogen-bond acceptors (Lipinski definition) is 4. The summed E-state index contributed by atoms with van der Waals surface area (Å²) in [6.45, 7) is 0. The molecule has 0 unspecified atom stereocenters. The minimum absolute atomic E-state index is 0.651. The normalized spacial score (nSPS) is 10.3. The molecule has 0 aliphatic heterocycles. The van der Waals surface area contributed by atoms with Crippen molar-refractivity contribution < 1.29 is 9.47 Å². The van der Waals surface area contributed by atoms with E-state index in [2.05, 4.69) is 22.1 Å². The average Bonchev–Trinajstić information content (AvgIpc) is 2.62. The zero-order valence-electron chi connectivity index (χ0n) is 12.5. The van der Waals surface area contributed by atoms with E-state index in [-0.39, 0.29) is 0 Å². The zero-order valence-corrected chi connectivity index (χ0v) is 12.5. The molecule has 0 fully saturated rings. The van der Waals surface area contributed by atoms with Gasteiger partial charge < -0.3 is 9.47 Å². The van der Waals surface area contributed by atoms with Crippen molar-refractivity contribution in [3.63, 3.8) is 0 Å². The number of methoxy groups -OCH3 is 2. The maximum absolute atomic E-state index is 5.17. The summed E-state index contributed by atoms with van der Waals surface area (Å²) in [5, 5.41) is 0. The number of aromatic nitrogens is 2. The van der Waals surface area contributed by atoms with Crippen LogP contribution in [0.1, 0.15) is 0 Å². The van der Waals surface area contributed by atoms with Crippen molar-refractivity contribution in [2.75, 3.05) is 14.2 Å². The third kappa shape index (κ3) is 2.91. The van der Waals surface area contributed by atoms with Crippen molar-refractivity contribution >= 4 is 0 Å². The highest BCUT2D eigenvalue weighted by Crippen LogP contribution is 2.25. The van der Waals surface area contributed by atoms with Gasteiger partial charge in [-0.25, -0.2) is 9.97 Å². The molecular formula is C18H16N2O2. The second-order valence-electron chi connectivity index (χ2n) is 4.75. The first-order valence-electron chi connectivity index (χ1n) is 6.91. The topological polar surface area (TPSA) is 44.2 Å². The lowest BCUT2D eigenvalue weighted by Crippen LogP contribution is -1.91. The molecule has 0 N–H and O–H groups in total. The van der Waals surface area contributed by atoms with Gasteiger partial charge in [0, 0.05) is 5.56 Å². The zero-order chi connectivity index (χ0) is 15.4. The van der Waals surface area contributed by atoms with Crippen LogP contribution in [0.2, 0.25) is 0 Å². The van der Waals surface area contributed by atoms with Crippen molar-refractivity contribution in [1.82, 2.24) is 9.97 Å². The summed E-state index contributed by atoms with van der Waals surface area (Å²) in [6, 6.07) is 16.1. The average molecular weight is 292 g/mol. The number of benzene rings is 2. The van der Waals surface area contributed by atoms with Crippen LogP contribution in [0, 0.1) is 0 Å². The largest absolute Gasteiger partial charge is 0.497 e. The van der Waals surface area contributed by atoms with Gasteiger partial charge in [-0.05, 0) is 23.3 Å². The Morgan fingerprint density at radius 2 is 1.05 bits per heavy atom. The fraction of sp³-hybridized carbons (Fsp3) is 0.111.